The molecule has 0 saturated carbocycles. The number of nitrogens with zero attached hydrogens (tertiary/aromatic N) is 1. The third-order valence-electron chi connectivity index (χ3n) is 3.46. The molecule has 74 valence electrons. The highest BCUT2D eigenvalue weighted by Crippen LogP contribution is 2.40. The quantitative estimate of drug-likeness (QED) is 0.740. The van der Waals surface area contributed by atoms with Gasteiger partial charge in [-0.15, -0.1) is 0 Å². The Morgan fingerprint density at radius 1 is 1.36 bits per heavy atom. The standard InChI is InChI=1S/C11H14N2O/c1-2-4-13-10(3-1)11(7-14-8-11)9-5-12-6-9/h1-4,9,12H,5-8H2. The fourth-order valence-electron chi connectivity index (χ4n) is 2.25. The van der Waals surface area contributed by atoms with E-state index in [4.69, 9.17) is 4.74 Å². The zero-order valence-corrected chi connectivity index (χ0v) is 8.07. The smallest absolute Gasteiger partial charge is 0.0645 e. The lowest BCUT2D eigenvalue weighted by atomic mass is 9.68. The van der Waals surface area contributed by atoms with Crippen molar-refractivity contribution in [2.24, 2.45) is 5.92 Å². The topological polar surface area (TPSA) is 34.1 Å². The molecule has 3 rings (SSSR count). The Balaban J connectivity index is 1.93. The summed E-state index contributed by atoms with van der Waals surface area (Å²) >= 11 is 0. The van der Waals surface area contributed by atoms with Crippen molar-refractivity contribution in [3.8, 4) is 0 Å². The predicted octanol–water partition coefficient (Wildman–Crippen LogP) is 0.569. The molecular weight excluding hydrogens is 176 g/mol. The van der Waals surface area contributed by atoms with Crippen LogP contribution in [0.15, 0.2) is 24.4 Å². The van der Waals surface area contributed by atoms with Crippen molar-refractivity contribution in [1.82, 2.24) is 10.3 Å². The summed E-state index contributed by atoms with van der Waals surface area (Å²) in [6.45, 7) is 3.91. The fraction of sp³-hybridized carbons (Fsp3) is 0.545. The van der Waals surface area contributed by atoms with Crippen LogP contribution in [0.25, 0.3) is 0 Å². The molecule has 0 aromatic carbocycles. The molecule has 2 aliphatic rings. The fourth-order valence-corrected chi connectivity index (χ4v) is 2.25. The summed E-state index contributed by atoms with van der Waals surface area (Å²) in [6.07, 6.45) is 1.88. The number of nitrogens with one attached hydrogen (secondary N) is 1. The maximum atomic E-state index is 5.38. The Kier molecular flexibility index (Phi) is 1.82. The third-order valence-corrected chi connectivity index (χ3v) is 3.46. The van der Waals surface area contributed by atoms with E-state index < -0.39 is 0 Å². The maximum Gasteiger partial charge on any atom is 0.0645 e. The largest absolute Gasteiger partial charge is 0.379 e. The van der Waals surface area contributed by atoms with Crippen molar-refractivity contribution in [3.63, 3.8) is 0 Å². The van der Waals surface area contributed by atoms with Gasteiger partial charge in [0.05, 0.1) is 24.3 Å². The molecule has 0 atom stereocenters. The Bertz CT molecular complexity index is 317. The molecule has 3 heteroatoms. The van der Waals surface area contributed by atoms with Crippen molar-refractivity contribution in [2.45, 2.75) is 5.41 Å². The van der Waals surface area contributed by atoms with E-state index in [9.17, 15) is 0 Å². The number of rotatable bonds is 2. The van der Waals surface area contributed by atoms with E-state index in [0.29, 0.717) is 5.92 Å². The van der Waals surface area contributed by atoms with Crippen molar-refractivity contribution in [3.05, 3.63) is 30.1 Å². The van der Waals surface area contributed by atoms with Crippen LogP contribution in [0, 0.1) is 5.92 Å². The first-order valence-corrected chi connectivity index (χ1v) is 5.12. The second kappa shape index (κ2) is 3.04. The monoisotopic (exact) mass is 190 g/mol. The average Bonchev–Trinajstić information content (AvgIpc) is 2.09. The van der Waals surface area contributed by atoms with Crippen LogP contribution < -0.4 is 5.32 Å². The molecule has 2 saturated heterocycles. The Labute approximate surface area is 83.5 Å². The summed E-state index contributed by atoms with van der Waals surface area (Å²) in [4.78, 5) is 4.47. The molecule has 2 fully saturated rings. The van der Waals surface area contributed by atoms with Crippen molar-refractivity contribution in [2.75, 3.05) is 26.3 Å². The van der Waals surface area contributed by atoms with Crippen LogP contribution in [0.2, 0.25) is 0 Å². The Morgan fingerprint density at radius 2 is 2.21 bits per heavy atom. The van der Waals surface area contributed by atoms with E-state index in [-0.39, 0.29) is 5.41 Å². The Hall–Kier alpha value is -0.930. The van der Waals surface area contributed by atoms with Crippen LogP contribution >= 0.6 is 0 Å². The van der Waals surface area contributed by atoms with Gasteiger partial charge in [-0.25, -0.2) is 0 Å². The molecule has 0 radical (unpaired) electrons. The molecule has 1 aromatic rings. The maximum absolute atomic E-state index is 5.38. The van der Waals surface area contributed by atoms with Gasteiger partial charge in [-0.05, 0) is 18.1 Å². The lowest BCUT2D eigenvalue weighted by Crippen LogP contribution is -2.63. The third kappa shape index (κ3) is 1.03. The van der Waals surface area contributed by atoms with Crippen LogP contribution in [-0.2, 0) is 10.2 Å². The molecule has 3 nitrogen and oxygen atoms in total. The highest BCUT2D eigenvalue weighted by atomic mass is 16.5. The first kappa shape index (κ1) is 8.38. The second-order valence-corrected chi connectivity index (χ2v) is 4.22. The predicted molar refractivity (Wildman–Crippen MR) is 53.1 cm³/mol. The molecule has 0 spiro atoms. The number of hydrogen-bond acceptors (Lipinski definition) is 3. The van der Waals surface area contributed by atoms with Crippen molar-refractivity contribution < 1.29 is 4.74 Å². The first-order chi connectivity index (χ1) is 6.92. The molecule has 1 aromatic heterocycles. The van der Waals surface area contributed by atoms with E-state index in [2.05, 4.69) is 22.4 Å². The van der Waals surface area contributed by atoms with E-state index in [1.807, 2.05) is 12.3 Å². The second-order valence-electron chi connectivity index (χ2n) is 4.22. The molecule has 0 aliphatic carbocycles. The minimum atomic E-state index is 0.215. The highest BCUT2D eigenvalue weighted by Gasteiger charge is 2.50. The number of hydrogen-bond donors (Lipinski definition) is 1. The van der Waals surface area contributed by atoms with Crippen molar-refractivity contribution >= 4 is 0 Å². The van der Waals surface area contributed by atoms with Gasteiger partial charge in [0.1, 0.15) is 0 Å². The summed E-state index contributed by atoms with van der Waals surface area (Å²) in [7, 11) is 0. The molecule has 1 N–H and O–H groups in total. The SMILES string of the molecule is c1ccc(C2(C3CNC3)COC2)nc1. The van der Waals surface area contributed by atoms with E-state index in [1.165, 1.54) is 5.69 Å². The first-order valence-electron chi connectivity index (χ1n) is 5.12. The van der Waals surface area contributed by atoms with Gasteiger partial charge < -0.3 is 10.1 Å². The van der Waals surface area contributed by atoms with Crippen LogP contribution in [0.5, 0.6) is 0 Å². The zero-order valence-electron chi connectivity index (χ0n) is 8.07. The van der Waals surface area contributed by atoms with E-state index in [0.717, 1.165) is 26.3 Å². The zero-order chi connectivity index (χ0) is 9.43. The highest BCUT2D eigenvalue weighted by molar-refractivity contribution is 5.24. The number of aromatic nitrogens is 1. The summed E-state index contributed by atoms with van der Waals surface area (Å²) in [5.41, 5.74) is 1.42. The molecule has 0 amide bonds. The van der Waals surface area contributed by atoms with Gasteiger partial charge in [0.2, 0.25) is 0 Å². The van der Waals surface area contributed by atoms with Gasteiger partial charge >= 0.3 is 0 Å². The summed E-state index contributed by atoms with van der Waals surface area (Å²) in [6, 6.07) is 6.16. The van der Waals surface area contributed by atoms with E-state index in [1.54, 1.807) is 0 Å². The van der Waals surface area contributed by atoms with Crippen molar-refractivity contribution in [1.29, 1.82) is 0 Å². The summed E-state index contributed by atoms with van der Waals surface area (Å²) < 4.78 is 5.38. The lowest BCUT2D eigenvalue weighted by molar-refractivity contribution is -0.103. The summed E-state index contributed by atoms with van der Waals surface area (Å²) in [5.74, 6) is 0.714. The molecular formula is C11H14N2O. The van der Waals surface area contributed by atoms with Gasteiger partial charge in [0, 0.05) is 19.3 Å². The minimum absolute atomic E-state index is 0.215. The van der Waals surface area contributed by atoms with Gasteiger partial charge in [0.15, 0.2) is 0 Å². The number of ether oxygens (including phenoxy) is 1. The van der Waals surface area contributed by atoms with Gasteiger partial charge in [-0.2, -0.15) is 0 Å². The van der Waals surface area contributed by atoms with Crippen LogP contribution in [0.4, 0.5) is 0 Å². The molecule has 0 unspecified atom stereocenters. The normalized spacial score (nSPS) is 25.1. The summed E-state index contributed by atoms with van der Waals surface area (Å²) in [5, 5.41) is 3.32. The molecule has 2 aliphatic heterocycles. The van der Waals surface area contributed by atoms with E-state index >= 15 is 0 Å². The molecule has 14 heavy (non-hydrogen) atoms. The number of pyridine rings is 1. The average molecular weight is 190 g/mol. The molecule has 0 bridgehead atoms. The molecule has 3 heterocycles. The van der Waals surface area contributed by atoms with Crippen LogP contribution in [-0.4, -0.2) is 31.3 Å². The lowest BCUT2D eigenvalue weighted by Gasteiger charge is -2.50. The minimum Gasteiger partial charge on any atom is -0.379 e. The van der Waals surface area contributed by atoms with Gasteiger partial charge in [0.25, 0.3) is 0 Å². The van der Waals surface area contributed by atoms with Gasteiger partial charge in [-0.1, -0.05) is 6.07 Å². The van der Waals surface area contributed by atoms with Gasteiger partial charge in [-0.3, -0.25) is 4.98 Å². The van der Waals surface area contributed by atoms with Crippen LogP contribution in [0.1, 0.15) is 5.69 Å². The van der Waals surface area contributed by atoms with Crippen LogP contribution in [0.3, 0.4) is 0 Å². The Morgan fingerprint density at radius 3 is 2.64 bits per heavy atom.